The minimum absolute atomic E-state index is 0.234. The van der Waals surface area contributed by atoms with E-state index in [0.29, 0.717) is 12.1 Å². The van der Waals surface area contributed by atoms with E-state index in [-0.39, 0.29) is 12.6 Å². The van der Waals surface area contributed by atoms with E-state index in [4.69, 9.17) is 4.74 Å². The van der Waals surface area contributed by atoms with Crippen LogP contribution in [0.2, 0.25) is 0 Å². The van der Waals surface area contributed by atoms with Gasteiger partial charge in [0.1, 0.15) is 0 Å². The molecule has 2 amide bonds. The fraction of sp³-hybridized carbons (Fsp3) is 0.588. The maximum Gasteiger partial charge on any atom is 0.416 e. The number of morpholine rings is 1. The van der Waals surface area contributed by atoms with Gasteiger partial charge in [-0.25, -0.2) is 4.79 Å². The molecule has 1 N–H and O–H groups in total. The van der Waals surface area contributed by atoms with Crippen molar-refractivity contribution >= 4 is 6.03 Å². The number of hydrogen-bond donors (Lipinski definition) is 1. The number of ether oxygens (including phenoxy) is 1. The van der Waals surface area contributed by atoms with Crippen molar-refractivity contribution in [2.24, 2.45) is 0 Å². The van der Waals surface area contributed by atoms with E-state index < -0.39 is 11.7 Å². The first-order valence-electron chi connectivity index (χ1n) is 8.31. The third-order valence-electron chi connectivity index (χ3n) is 4.08. The molecule has 2 rings (SSSR count). The largest absolute Gasteiger partial charge is 0.416 e. The summed E-state index contributed by atoms with van der Waals surface area (Å²) in [5.41, 5.74) is -0.0366. The molecular formula is C17H24F3N3O2. The van der Waals surface area contributed by atoms with Gasteiger partial charge in [-0.3, -0.25) is 4.90 Å². The monoisotopic (exact) mass is 359 g/mol. The maximum atomic E-state index is 12.5. The van der Waals surface area contributed by atoms with Crippen LogP contribution in [-0.2, 0) is 17.5 Å². The smallest absolute Gasteiger partial charge is 0.379 e. The van der Waals surface area contributed by atoms with E-state index >= 15 is 0 Å². The second-order valence-electron chi connectivity index (χ2n) is 6.09. The highest BCUT2D eigenvalue weighted by Crippen LogP contribution is 2.29. The number of halogens is 3. The molecule has 1 heterocycles. The lowest BCUT2D eigenvalue weighted by Crippen LogP contribution is -2.40. The molecule has 0 radical (unpaired) electrons. The topological polar surface area (TPSA) is 44.8 Å². The van der Waals surface area contributed by atoms with E-state index in [0.717, 1.165) is 51.4 Å². The summed E-state index contributed by atoms with van der Waals surface area (Å²) < 4.78 is 42.9. The second-order valence-corrected chi connectivity index (χ2v) is 6.09. The molecule has 0 aliphatic carbocycles. The van der Waals surface area contributed by atoms with Crippen LogP contribution in [-0.4, -0.2) is 62.3 Å². The van der Waals surface area contributed by atoms with Gasteiger partial charge in [0, 0.05) is 33.2 Å². The molecule has 1 aromatic rings. The molecule has 5 nitrogen and oxygen atoms in total. The van der Waals surface area contributed by atoms with Crippen molar-refractivity contribution < 1.29 is 22.7 Å². The van der Waals surface area contributed by atoms with E-state index in [2.05, 4.69) is 10.2 Å². The summed E-state index contributed by atoms with van der Waals surface area (Å²) in [5.74, 6) is 0. The lowest BCUT2D eigenvalue weighted by Gasteiger charge is -2.26. The van der Waals surface area contributed by atoms with Gasteiger partial charge in [0.25, 0.3) is 0 Å². The van der Waals surface area contributed by atoms with Crippen LogP contribution < -0.4 is 5.32 Å². The van der Waals surface area contributed by atoms with Crippen LogP contribution in [0.4, 0.5) is 18.0 Å². The lowest BCUT2D eigenvalue weighted by atomic mass is 10.1. The number of alkyl halides is 3. The van der Waals surface area contributed by atoms with Crippen molar-refractivity contribution in [2.45, 2.75) is 19.1 Å². The van der Waals surface area contributed by atoms with E-state index in [9.17, 15) is 18.0 Å². The van der Waals surface area contributed by atoms with Crippen molar-refractivity contribution in [1.82, 2.24) is 15.1 Å². The number of carbonyl (C=O) groups excluding carboxylic acids is 1. The molecule has 1 aliphatic rings. The minimum atomic E-state index is -4.34. The summed E-state index contributed by atoms with van der Waals surface area (Å²) in [4.78, 5) is 15.8. The molecule has 1 fully saturated rings. The van der Waals surface area contributed by atoms with Crippen molar-refractivity contribution in [3.8, 4) is 0 Å². The zero-order valence-corrected chi connectivity index (χ0v) is 14.3. The third kappa shape index (κ3) is 6.55. The maximum absolute atomic E-state index is 12.5. The number of amides is 2. The molecule has 0 bridgehead atoms. The highest BCUT2D eigenvalue weighted by Gasteiger charge is 2.29. The van der Waals surface area contributed by atoms with Crippen LogP contribution in [0.1, 0.15) is 17.5 Å². The predicted molar refractivity (Wildman–Crippen MR) is 88.2 cm³/mol. The summed E-state index contributed by atoms with van der Waals surface area (Å²) in [6, 6.07) is 4.62. The first kappa shape index (κ1) is 19.5. The molecule has 0 unspecified atom stereocenters. The van der Waals surface area contributed by atoms with Gasteiger partial charge in [-0.1, -0.05) is 12.1 Å². The molecule has 0 aromatic heterocycles. The molecule has 0 saturated carbocycles. The van der Waals surface area contributed by atoms with Crippen LogP contribution >= 0.6 is 0 Å². The molecule has 1 aliphatic heterocycles. The second kappa shape index (κ2) is 9.05. The summed E-state index contributed by atoms with van der Waals surface area (Å²) in [6.45, 7) is 5.07. The highest BCUT2D eigenvalue weighted by molar-refractivity contribution is 5.73. The fourth-order valence-corrected chi connectivity index (χ4v) is 2.60. The SMILES string of the molecule is CN(Cc1ccc(C(F)(F)F)cc1)C(=O)NCCCN1CCOCC1. The average molecular weight is 359 g/mol. The van der Waals surface area contributed by atoms with E-state index in [1.807, 2.05) is 0 Å². The molecule has 1 aromatic carbocycles. The molecule has 0 spiro atoms. The summed E-state index contributed by atoms with van der Waals surface area (Å²) in [6.07, 6.45) is -3.50. The minimum Gasteiger partial charge on any atom is -0.379 e. The van der Waals surface area contributed by atoms with Crippen LogP contribution in [0.15, 0.2) is 24.3 Å². The Labute approximate surface area is 145 Å². The first-order valence-corrected chi connectivity index (χ1v) is 8.31. The van der Waals surface area contributed by atoms with Crippen molar-refractivity contribution in [2.75, 3.05) is 46.4 Å². The Morgan fingerprint density at radius 1 is 1.24 bits per heavy atom. The van der Waals surface area contributed by atoms with Gasteiger partial charge in [0.15, 0.2) is 0 Å². The Morgan fingerprint density at radius 3 is 2.48 bits per heavy atom. The summed E-state index contributed by atoms with van der Waals surface area (Å²) >= 11 is 0. The normalized spacial score (nSPS) is 15.8. The number of benzene rings is 1. The van der Waals surface area contributed by atoms with Gasteiger partial charge in [-0.15, -0.1) is 0 Å². The molecule has 25 heavy (non-hydrogen) atoms. The van der Waals surface area contributed by atoms with Crippen LogP contribution in [0.5, 0.6) is 0 Å². The van der Waals surface area contributed by atoms with Gasteiger partial charge in [0.2, 0.25) is 0 Å². The van der Waals surface area contributed by atoms with E-state index in [1.165, 1.54) is 17.0 Å². The third-order valence-corrected chi connectivity index (χ3v) is 4.08. The number of urea groups is 1. The molecular weight excluding hydrogens is 335 g/mol. The molecule has 140 valence electrons. The lowest BCUT2D eigenvalue weighted by molar-refractivity contribution is -0.137. The quantitative estimate of drug-likeness (QED) is 0.794. The first-order chi connectivity index (χ1) is 11.9. The Balaban J connectivity index is 1.69. The number of nitrogens with one attached hydrogen (secondary N) is 1. The summed E-state index contributed by atoms with van der Waals surface area (Å²) in [5, 5.41) is 2.83. The number of nitrogens with zero attached hydrogens (tertiary/aromatic N) is 2. The zero-order valence-electron chi connectivity index (χ0n) is 14.3. The number of carbonyl (C=O) groups is 1. The Bertz CT molecular complexity index is 543. The number of hydrogen-bond acceptors (Lipinski definition) is 3. The molecule has 0 atom stereocenters. The standard InChI is InChI=1S/C17H24F3N3O2/c1-22(13-14-3-5-15(6-4-14)17(18,19)20)16(24)21-7-2-8-23-9-11-25-12-10-23/h3-6H,2,7-13H2,1H3,(H,21,24). The van der Waals surface area contributed by atoms with Crippen molar-refractivity contribution in [3.63, 3.8) is 0 Å². The Hall–Kier alpha value is -1.80. The van der Waals surface area contributed by atoms with Crippen LogP contribution in [0, 0.1) is 0 Å². The van der Waals surface area contributed by atoms with Crippen LogP contribution in [0.3, 0.4) is 0 Å². The van der Waals surface area contributed by atoms with Crippen molar-refractivity contribution in [3.05, 3.63) is 35.4 Å². The highest BCUT2D eigenvalue weighted by atomic mass is 19.4. The predicted octanol–water partition coefficient (Wildman–Crippen LogP) is 2.57. The Kier molecular flexibility index (Phi) is 7.07. The molecule has 1 saturated heterocycles. The average Bonchev–Trinajstić information content (AvgIpc) is 2.59. The van der Waals surface area contributed by atoms with Gasteiger partial charge in [-0.2, -0.15) is 13.2 Å². The Morgan fingerprint density at radius 2 is 1.88 bits per heavy atom. The fourth-order valence-electron chi connectivity index (χ4n) is 2.60. The van der Waals surface area contributed by atoms with Crippen molar-refractivity contribution in [1.29, 1.82) is 0 Å². The van der Waals surface area contributed by atoms with Crippen LogP contribution in [0.25, 0.3) is 0 Å². The molecule has 8 heteroatoms. The van der Waals surface area contributed by atoms with Gasteiger partial charge < -0.3 is 15.0 Å². The summed E-state index contributed by atoms with van der Waals surface area (Å²) in [7, 11) is 1.62. The van der Waals surface area contributed by atoms with Gasteiger partial charge >= 0.3 is 12.2 Å². The van der Waals surface area contributed by atoms with E-state index in [1.54, 1.807) is 7.05 Å². The van der Waals surface area contributed by atoms with Gasteiger partial charge in [0.05, 0.1) is 18.8 Å². The number of rotatable bonds is 6. The van der Waals surface area contributed by atoms with Gasteiger partial charge in [-0.05, 0) is 30.7 Å². The zero-order chi connectivity index (χ0) is 18.3.